The molecule has 0 bridgehead atoms. The Morgan fingerprint density at radius 1 is 1.15 bits per heavy atom. The highest BCUT2D eigenvalue weighted by molar-refractivity contribution is 7.15. The van der Waals surface area contributed by atoms with E-state index in [-0.39, 0.29) is 12.1 Å². The van der Waals surface area contributed by atoms with Crippen molar-refractivity contribution in [1.29, 1.82) is 0 Å². The molecule has 7 heteroatoms. The third-order valence-corrected chi connectivity index (χ3v) is 7.73. The zero-order chi connectivity index (χ0) is 24.1. The first-order valence-corrected chi connectivity index (χ1v) is 13.0. The number of amides is 2. The summed E-state index contributed by atoms with van der Waals surface area (Å²) in [6.45, 7) is 9.79. The van der Waals surface area contributed by atoms with Crippen LogP contribution in [-0.2, 0) is 13.0 Å². The molecule has 0 saturated carbocycles. The number of likely N-dealkylation sites (N-methyl/N-ethyl adjacent to an activating group) is 1. The second-order valence-electron chi connectivity index (χ2n) is 9.25. The van der Waals surface area contributed by atoms with Crippen molar-refractivity contribution < 1.29 is 9.53 Å². The second-order valence-corrected chi connectivity index (χ2v) is 10.3. The highest BCUT2D eigenvalue weighted by atomic mass is 32.1. The predicted octanol–water partition coefficient (Wildman–Crippen LogP) is 6.22. The van der Waals surface area contributed by atoms with Crippen LogP contribution in [0.5, 0.6) is 5.75 Å². The number of fused-ring (bicyclic) bond motifs is 1. The van der Waals surface area contributed by atoms with Gasteiger partial charge in [0.25, 0.3) is 0 Å². The number of urea groups is 1. The van der Waals surface area contributed by atoms with Crippen LogP contribution in [0.1, 0.15) is 55.7 Å². The van der Waals surface area contributed by atoms with Gasteiger partial charge in [-0.15, -0.1) is 11.3 Å². The summed E-state index contributed by atoms with van der Waals surface area (Å²) >= 11 is 1.87. The maximum absolute atomic E-state index is 13.2. The Hall–Kier alpha value is -2.77. The first kappa shape index (κ1) is 24.4. The molecule has 1 aliphatic heterocycles. The number of carbonyl (C=O) groups excluding carboxylic acids is 1. The fraction of sp³-hybridized carbons (Fsp3) is 0.444. The summed E-state index contributed by atoms with van der Waals surface area (Å²) in [7, 11) is 1.62. The zero-order valence-corrected chi connectivity index (χ0v) is 21.5. The number of para-hydroxylation sites is 2. The van der Waals surface area contributed by atoms with Crippen molar-refractivity contribution in [1.82, 2.24) is 14.8 Å². The van der Waals surface area contributed by atoms with Gasteiger partial charge in [0, 0.05) is 35.9 Å². The van der Waals surface area contributed by atoms with Crippen molar-refractivity contribution in [2.24, 2.45) is 5.92 Å². The molecule has 6 nitrogen and oxygen atoms in total. The van der Waals surface area contributed by atoms with E-state index in [0.717, 1.165) is 38.9 Å². The van der Waals surface area contributed by atoms with Gasteiger partial charge in [-0.05, 0) is 61.6 Å². The Kier molecular flexibility index (Phi) is 7.95. The fourth-order valence-corrected chi connectivity index (χ4v) is 6.03. The van der Waals surface area contributed by atoms with Gasteiger partial charge in [0.15, 0.2) is 0 Å². The molecular formula is C27H36N4O2S. The van der Waals surface area contributed by atoms with Gasteiger partial charge in [0.1, 0.15) is 10.8 Å². The number of benzene rings is 1. The number of aromatic nitrogens is 1. The molecule has 3 aromatic rings. The monoisotopic (exact) mass is 480 g/mol. The average molecular weight is 481 g/mol. The summed E-state index contributed by atoms with van der Waals surface area (Å²) in [6.07, 6.45) is 7.16. The Labute approximate surface area is 206 Å². The predicted molar refractivity (Wildman–Crippen MR) is 140 cm³/mol. The van der Waals surface area contributed by atoms with Crippen molar-refractivity contribution in [2.45, 2.75) is 52.6 Å². The summed E-state index contributed by atoms with van der Waals surface area (Å²) in [5, 5.41) is 7.55. The van der Waals surface area contributed by atoms with Gasteiger partial charge >= 0.3 is 6.03 Å². The molecule has 2 amide bonds. The molecule has 4 rings (SSSR count). The van der Waals surface area contributed by atoms with Gasteiger partial charge in [0.05, 0.1) is 18.8 Å². The van der Waals surface area contributed by atoms with Crippen LogP contribution in [0.4, 0.5) is 10.5 Å². The lowest BCUT2D eigenvalue weighted by molar-refractivity contribution is 0.246. The minimum Gasteiger partial charge on any atom is -0.495 e. The Morgan fingerprint density at radius 2 is 1.91 bits per heavy atom. The molecule has 34 heavy (non-hydrogen) atoms. The van der Waals surface area contributed by atoms with Crippen molar-refractivity contribution in [3.8, 4) is 10.8 Å². The number of anilines is 1. The molecular weight excluding hydrogens is 444 g/mol. The number of ether oxygens (including phenoxy) is 1. The van der Waals surface area contributed by atoms with Crippen molar-refractivity contribution in [2.75, 3.05) is 25.5 Å². The van der Waals surface area contributed by atoms with E-state index in [1.54, 1.807) is 7.11 Å². The van der Waals surface area contributed by atoms with Crippen LogP contribution in [0, 0.1) is 5.92 Å². The maximum atomic E-state index is 13.2. The minimum absolute atomic E-state index is 0.0670. The molecule has 3 heterocycles. The SMILES string of the molecule is CCN1CCc2c(sc(-n3cccc3)c2C(CCC(C)C)NC(=O)Nc2ccccc2OC)C1. The van der Waals surface area contributed by atoms with Gasteiger partial charge in [-0.1, -0.05) is 32.9 Å². The van der Waals surface area contributed by atoms with Crippen LogP contribution in [0.25, 0.3) is 5.00 Å². The van der Waals surface area contributed by atoms with Gasteiger partial charge in [0.2, 0.25) is 0 Å². The number of rotatable bonds is 9. The molecule has 2 N–H and O–H groups in total. The summed E-state index contributed by atoms with van der Waals surface area (Å²) in [5.41, 5.74) is 3.37. The number of carbonyl (C=O) groups is 1. The lowest BCUT2D eigenvalue weighted by atomic mass is 9.92. The maximum Gasteiger partial charge on any atom is 0.319 e. The quantitative estimate of drug-likeness (QED) is 0.382. The van der Waals surface area contributed by atoms with Crippen LogP contribution in [0.15, 0.2) is 48.8 Å². The van der Waals surface area contributed by atoms with E-state index in [2.05, 4.69) is 65.4 Å². The molecule has 2 aromatic heterocycles. The third kappa shape index (κ3) is 5.47. The van der Waals surface area contributed by atoms with E-state index in [4.69, 9.17) is 4.74 Å². The average Bonchev–Trinajstić information content (AvgIpc) is 3.49. The first-order chi connectivity index (χ1) is 16.5. The van der Waals surface area contributed by atoms with E-state index >= 15 is 0 Å². The van der Waals surface area contributed by atoms with Gasteiger partial charge in [-0.25, -0.2) is 4.79 Å². The molecule has 1 atom stereocenters. The number of hydrogen-bond acceptors (Lipinski definition) is 4. The van der Waals surface area contributed by atoms with Gasteiger partial charge < -0.3 is 19.9 Å². The Bertz CT molecular complexity index is 1090. The van der Waals surface area contributed by atoms with E-state index in [1.807, 2.05) is 35.6 Å². The molecule has 0 spiro atoms. The van der Waals surface area contributed by atoms with E-state index in [9.17, 15) is 4.79 Å². The van der Waals surface area contributed by atoms with Gasteiger partial charge in [-0.3, -0.25) is 4.90 Å². The number of nitrogens with zero attached hydrogens (tertiary/aromatic N) is 2. The molecule has 0 saturated heterocycles. The normalized spacial score (nSPS) is 14.6. The zero-order valence-electron chi connectivity index (χ0n) is 20.6. The number of hydrogen-bond donors (Lipinski definition) is 2. The van der Waals surface area contributed by atoms with Crippen molar-refractivity contribution >= 4 is 23.1 Å². The highest BCUT2D eigenvalue weighted by Gasteiger charge is 2.30. The second kappa shape index (κ2) is 11.1. The molecule has 0 fully saturated rings. The summed E-state index contributed by atoms with van der Waals surface area (Å²) in [6, 6.07) is 11.4. The van der Waals surface area contributed by atoms with Crippen molar-refractivity contribution in [3.05, 3.63) is 64.8 Å². The fourth-order valence-electron chi connectivity index (χ4n) is 4.61. The topological polar surface area (TPSA) is 58.5 Å². The summed E-state index contributed by atoms with van der Waals surface area (Å²) in [5.74, 6) is 1.21. The highest BCUT2D eigenvalue weighted by Crippen LogP contribution is 2.41. The summed E-state index contributed by atoms with van der Waals surface area (Å²) in [4.78, 5) is 17.1. The molecule has 1 aromatic carbocycles. The van der Waals surface area contributed by atoms with Crippen LogP contribution < -0.4 is 15.4 Å². The number of thiophene rings is 1. The Morgan fingerprint density at radius 3 is 2.62 bits per heavy atom. The summed E-state index contributed by atoms with van der Waals surface area (Å²) < 4.78 is 7.62. The largest absolute Gasteiger partial charge is 0.495 e. The van der Waals surface area contributed by atoms with Gasteiger partial charge in [-0.2, -0.15) is 0 Å². The Balaban J connectivity index is 1.67. The molecule has 1 unspecified atom stereocenters. The van der Waals surface area contributed by atoms with E-state index < -0.39 is 0 Å². The smallest absolute Gasteiger partial charge is 0.319 e. The molecule has 0 radical (unpaired) electrons. The van der Waals surface area contributed by atoms with Crippen molar-refractivity contribution in [3.63, 3.8) is 0 Å². The van der Waals surface area contributed by atoms with Crippen LogP contribution in [-0.4, -0.2) is 35.7 Å². The number of nitrogens with one attached hydrogen (secondary N) is 2. The first-order valence-electron chi connectivity index (χ1n) is 12.2. The molecule has 1 aliphatic rings. The van der Waals surface area contributed by atoms with Crippen LogP contribution >= 0.6 is 11.3 Å². The van der Waals surface area contributed by atoms with Crippen LogP contribution in [0.2, 0.25) is 0 Å². The third-order valence-electron chi connectivity index (χ3n) is 6.49. The lowest BCUT2D eigenvalue weighted by Gasteiger charge is -2.28. The minimum atomic E-state index is -0.206. The molecule has 182 valence electrons. The lowest BCUT2D eigenvalue weighted by Crippen LogP contribution is -2.35. The standard InChI is InChI=1S/C27H36N4O2S/c1-5-30-17-14-20-24(18-30)34-26(31-15-8-9-16-31)25(20)22(13-12-19(2)3)29-27(32)28-21-10-6-7-11-23(21)33-4/h6-11,15-16,19,22H,5,12-14,17-18H2,1-4H3,(H2,28,29,32). The number of methoxy groups -OCH3 is 1. The van der Waals surface area contributed by atoms with E-state index in [0.29, 0.717) is 17.4 Å². The van der Waals surface area contributed by atoms with Crippen LogP contribution in [0.3, 0.4) is 0 Å². The molecule has 0 aliphatic carbocycles. The van der Waals surface area contributed by atoms with E-state index in [1.165, 1.54) is 21.0 Å².